The molecular formula is C20H38N4O2. The number of amides is 2. The van der Waals surface area contributed by atoms with Crippen LogP contribution in [0, 0.1) is 5.92 Å². The van der Waals surface area contributed by atoms with E-state index in [1.807, 2.05) is 14.0 Å². The van der Waals surface area contributed by atoms with Crippen LogP contribution in [0.1, 0.15) is 46.5 Å². The van der Waals surface area contributed by atoms with Crippen LogP contribution < -0.4 is 10.6 Å². The molecule has 0 aromatic carbocycles. The van der Waals surface area contributed by atoms with E-state index in [4.69, 9.17) is 0 Å². The Balaban J connectivity index is 2.66. The maximum Gasteiger partial charge on any atom is 0.244 e. The van der Waals surface area contributed by atoms with Gasteiger partial charge in [-0.3, -0.25) is 14.5 Å². The monoisotopic (exact) mass is 366 g/mol. The molecule has 2 amide bonds. The molecule has 1 heterocycles. The van der Waals surface area contributed by atoms with Gasteiger partial charge < -0.3 is 15.5 Å². The van der Waals surface area contributed by atoms with Gasteiger partial charge in [-0.1, -0.05) is 32.4 Å². The molecule has 150 valence electrons. The van der Waals surface area contributed by atoms with Gasteiger partial charge in [0.1, 0.15) is 6.04 Å². The number of likely N-dealkylation sites (tertiary alicyclic amines) is 1. The molecule has 0 spiro atoms. The summed E-state index contributed by atoms with van der Waals surface area (Å²) in [5.74, 6) is 0.354. The lowest BCUT2D eigenvalue weighted by Crippen LogP contribution is -2.52. The van der Waals surface area contributed by atoms with Crippen LogP contribution in [0.15, 0.2) is 12.2 Å². The van der Waals surface area contributed by atoms with E-state index in [-0.39, 0.29) is 17.9 Å². The highest BCUT2D eigenvalue weighted by Gasteiger charge is 2.33. The molecule has 1 aliphatic rings. The summed E-state index contributed by atoms with van der Waals surface area (Å²) in [6.45, 7) is 8.14. The van der Waals surface area contributed by atoms with Gasteiger partial charge in [0, 0.05) is 26.7 Å². The topological polar surface area (TPSA) is 64.7 Å². The molecule has 0 saturated carbocycles. The highest BCUT2D eigenvalue weighted by molar-refractivity contribution is 5.89. The lowest BCUT2D eigenvalue weighted by atomic mass is 10.1. The molecule has 1 aliphatic heterocycles. The van der Waals surface area contributed by atoms with Crippen molar-refractivity contribution in [3.05, 3.63) is 12.2 Å². The first-order chi connectivity index (χ1) is 12.3. The van der Waals surface area contributed by atoms with Gasteiger partial charge in [-0.05, 0) is 45.7 Å². The molecule has 1 rings (SSSR count). The molecular weight excluding hydrogens is 328 g/mol. The van der Waals surface area contributed by atoms with Crippen molar-refractivity contribution in [1.82, 2.24) is 20.4 Å². The van der Waals surface area contributed by atoms with Crippen molar-refractivity contribution >= 4 is 11.8 Å². The van der Waals surface area contributed by atoms with Gasteiger partial charge in [-0.15, -0.1) is 0 Å². The average molecular weight is 367 g/mol. The van der Waals surface area contributed by atoms with Crippen LogP contribution in [0.25, 0.3) is 0 Å². The standard InChI is InChI=1S/C20H38N4O2/c1-7-9-17(20(26)23(5)6)22-19(25)18-10-8-13-24(18)14-15(2)11-12-16(3)21-4/h11-12,15-18,21H,7-10,13-14H2,1-6H3,(H,22,25)/b12-11+/t15-,16-,17?,18?/m0/s1. The van der Waals surface area contributed by atoms with Crippen molar-refractivity contribution in [3.63, 3.8) is 0 Å². The van der Waals surface area contributed by atoms with Gasteiger partial charge >= 0.3 is 0 Å². The zero-order chi connectivity index (χ0) is 19.7. The van der Waals surface area contributed by atoms with Gasteiger partial charge in [0.2, 0.25) is 11.8 Å². The SMILES string of the molecule is CCCC(NC(=O)C1CCCN1C[C@@H](C)/C=C/[C@H](C)NC)C(=O)N(C)C. The number of carbonyl (C=O) groups is 2. The molecule has 1 fully saturated rings. The third kappa shape index (κ3) is 7.08. The predicted octanol–water partition coefficient (Wildman–Crippen LogP) is 1.62. The second kappa shape index (κ2) is 11.3. The Labute approximate surface area is 159 Å². The van der Waals surface area contributed by atoms with Gasteiger partial charge in [0.15, 0.2) is 0 Å². The Morgan fingerprint density at radius 2 is 1.96 bits per heavy atom. The van der Waals surface area contributed by atoms with E-state index in [9.17, 15) is 9.59 Å². The smallest absolute Gasteiger partial charge is 0.244 e. The summed E-state index contributed by atoms with van der Waals surface area (Å²) in [6.07, 6.45) is 7.82. The minimum Gasteiger partial charge on any atom is -0.347 e. The summed E-state index contributed by atoms with van der Waals surface area (Å²) in [5, 5.41) is 6.20. The molecule has 0 aliphatic carbocycles. The Kier molecular flexibility index (Phi) is 9.88. The number of hydrogen-bond donors (Lipinski definition) is 2. The van der Waals surface area contributed by atoms with Crippen LogP contribution in [-0.2, 0) is 9.59 Å². The molecule has 6 nitrogen and oxygen atoms in total. The van der Waals surface area contributed by atoms with Crippen LogP contribution in [0.4, 0.5) is 0 Å². The first-order valence-electron chi connectivity index (χ1n) is 9.91. The van der Waals surface area contributed by atoms with Gasteiger partial charge in [-0.2, -0.15) is 0 Å². The summed E-state index contributed by atoms with van der Waals surface area (Å²) in [4.78, 5) is 28.9. The summed E-state index contributed by atoms with van der Waals surface area (Å²) < 4.78 is 0. The summed E-state index contributed by atoms with van der Waals surface area (Å²) in [7, 11) is 5.42. The minimum atomic E-state index is -0.418. The van der Waals surface area contributed by atoms with Crippen LogP contribution in [0.5, 0.6) is 0 Å². The molecule has 0 bridgehead atoms. The van der Waals surface area contributed by atoms with E-state index < -0.39 is 6.04 Å². The van der Waals surface area contributed by atoms with E-state index in [1.165, 1.54) is 0 Å². The number of rotatable bonds is 10. The third-order valence-electron chi connectivity index (χ3n) is 5.01. The molecule has 2 N–H and O–H groups in total. The predicted molar refractivity (Wildman–Crippen MR) is 107 cm³/mol. The fourth-order valence-corrected chi connectivity index (χ4v) is 3.35. The van der Waals surface area contributed by atoms with Crippen molar-refractivity contribution in [2.75, 3.05) is 34.2 Å². The molecule has 0 aromatic heterocycles. The molecule has 1 saturated heterocycles. The van der Waals surface area contributed by atoms with Crippen molar-refractivity contribution < 1.29 is 9.59 Å². The number of likely N-dealkylation sites (N-methyl/N-ethyl adjacent to an activating group) is 2. The summed E-state index contributed by atoms with van der Waals surface area (Å²) in [6, 6.07) is -0.192. The minimum absolute atomic E-state index is 0.00378. The van der Waals surface area contributed by atoms with Crippen molar-refractivity contribution in [1.29, 1.82) is 0 Å². The van der Waals surface area contributed by atoms with Crippen LogP contribution in [-0.4, -0.2) is 74.0 Å². The summed E-state index contributed by atoms with van der Waals surface area (Å²) >= 11 is 0. The van der Waals surface area contributed by atoms with Gasteiger partial charge in [0.05, 0.1) is 6.04 Å². The maximum absolute atomic E-state index is 12.8. The lowest BCUT2D eigenvalue weighted by Gasteiger charge is -2.28. The molecule has 4 atom stereocenters. The molecule has 0 aromatic rings. The van der Waals surface area contributed by atoms with E-state index in [0.29, 0.717) is 18.4 Å². The zero-order valence-corrected chi connectivity index (χ0v) is 17.4. The maximum atomic E-state index is 12.8. The Morgan fingerprint density at radius 3 is 2.54 bits per heavy atom. The quantitative estimate of drug-likeness (QED) is 0.577. The number of nitrogens with zero attached hydrogens (tertiary/aromatic N) is 2. The molecule has 2 unspecified atom stereocenters. The highest BCUT2D eigenvalue weighted by Crippen LogP contribution is 2.20. The zero-order valence-electron chi connectivity index (χ0n) is 17.4. The Bertz CT molecular complexity index is 478. The third-order valence-corrected chi connectivity index (χ3v) is 5.01. The normalized spacial score (nSPS) is 21.5. The van der Waals surface area contributed by atoms with Gasteiger partial charge in [0.25, 0.3) is 0 Å². The average Bonchev–Trinajstić information content (AvgIpc) is 3.06. The van der Waals surface area contributed by atoms with E-state index >= 15 is 0 Å². The second-order valence-electron chi connectivity index (χ2n) is 7.68. The number of nitrogens with one attached hydrogen (secondary N) is 2. The van der Waals surface area contributed by atoms with E-state index in [1.54, 1.807) is 19.0 Å². The number of carbonyl (C=O) groups excluding carboxylic acids is 2. The van der Waals surface area contributed by atoms with Gasteiger partial charge in [-0.25, -0.2) is 0 Å². The Hall–Kier alpha value is -1.40. The van der Waals surface area contributed by atoms with Crippen LogP contribution >= 0.6 is 0 Å². The second-order valence-corrected chi connectivity index (χ2v) is 7.68. The fraction of sp³-hybridized carbons (Fsp3) is 0.800. The van der Waals surface area contributed by atoms with Crippen LogP contribution in [0.2, 0.25) is 0 Å². The largest absolute Gasteiger partial charge is 0.347 e. The first-order valence-corrected chi connectivity index (χ1v) is 9.91. The van der Waals surface area contributed by atoms with E-state index in [2.05, 4.69) is 41.5 Å². The fourth-order valence-electron chi connectivity index (χ4n) is 3.35. The van der Waals surface area contributed by atoms with Crippen molar-refractivity contribution in [2.45, 2.75) is 64.6 Å². The Morgan fingerprint density at radius 1 is 1.27 bits per heavy atom. The first kappa shape index (κ1) is 22.6. The molecule has 26 heavy (non-hydrogen) atoms. The highest BCUT2D eigenvalue weighted by atomic mass is 16.2. The van der Waals surface area contributed by atoms with Crippen molar-refractivity contribution in [3.8, 4) is 0 Å². The van der Waals surface area contributed by atoms with E-state index in [0.717, 1.165) is 32.4 Å². The lowest BCUT2D eigenvalue weighted by molar-refractivity contribution is -0.136. The van der Waals surface area contributed by atoms with Crippen LogP contribution in [0.3, 0.4) is 0 Å². The summed E-state index contributed by atoms with van der Waals surface area (Å²) in [5.41, 5.74) is 0. The molecule has 6 heteroatoms. The van der Waals surface area contributed by atoms with Crippen molar-refractivity contribution in [2.24, 2.45) is 5.92 Å². The molecule has 0 radical (unpaired) electrons. The number of hydrogen-bond acceptors (Lipinski definition) is 4.